The number of nitrogens with one attached hydrogen (secondary N) is 1. The van der Waals surface area contributed by atoms with Gasteiger partial charge in [-0.2, -0.15) is 0 Å². The highest BCUT2D eigenvalue weighted by molar-refractivity contribution is 8.18. The molecule has 0 aromatic heterocycles. The summed E-state index contributed by atoms with van der Waals surface area (Å²) < 4.78 is 3.46. The van der Waals surface area contributed by atoms with Crippen LogP contribution in [-0.2, 0) is 15.2 Å². The zero-order chi connectivity index (χ0) is 19.3. The first kappa shape index (κ1) is 21.2. The van der Waals surface area contributed by atoms with Crippen LogP contribution in [0.5, 0.6) is 0 Å². The number of rotatable bonds is 5. The number of thioether (sulfide) groups is 2. The van der Waals surface area contributed by atoms with Crippen molar-refractivity contribution in [2.24, 2.45) is 5.92 Å². The number of ether oxygens (including phenoxy) is 1. The molecule has 3 rings (SSSR count). The fourth-order valence-corrected chi connectivity index (χ4v) is 6.36. The maximum atomic E-state index is 7.86. The third-order valence-corrected chi connectivity index (χ3v) is 8.49. The van der Waals surface area contributed by atoms with Gasteiger partial charge in [-0.05, 0) is 35.0 Å². The fraction of sp³-hybridized carbons (Fsp3) is 0.350. The van der Waals surface area contributed by atoms with E-state index in [9.17, 15) is 0 Å². The third-order valence-electron chi connectivity index (χ3n) is 4.35. The summed E-state index contributed by atoms with van der Waals surface area (Å²) >= 11 is 21.0. The molecule has 0 bridgehead atoms. The Morgan fingerprint density at radius 1 is 1.00 bits per heavy atom. The van der Waals surface area contributed by atoms with Gasteiger partial charge in [-0.15, -0.1) is 23.5 Å². The van der Waals surface area contributed by atoms with Gasteiger partial charge in [-0.1, -0.05) is 95.5 Å². The topological polar surface area (TPSA) is 33.1 Å². The molecular formula is C20H20Cl3NOS2. The zero-order valence-electron chi connectivity index (χ0n) is 14.5. The maximum Gasteiger partial charge on any atom is 0.265 e. The monoisotopic (exact) mass is 459 g/mol. The molecule has 2 aromatic rings. The first-order valence-electron chi connectivity index (χ1n) is 8.55. The normalized spacial score (nSPS) is 23.0. The number of hydrogen-bond acceptors (Lipinski definition) is 4. The van der Waals surface area contributed by atoms with E-state index in [1.165, 1.54) is 5.56 Å². The van der Waals surface area contributed by atoms with Gasteiger partial charge in [-0.25, -0.2) is 0 Å². The lowest BCUT2D eigenvalue weighted by molar-refractivity contribution is 0.286. The van der Waals surface area contributed by atoms with E-state index < -0.39 is 3.79 Å². The molecule has 0 amide bonds. The fourth-order valence-electron chi connectivity index (χ4n) is 2.93. The second-order valence-corrected chi connectivity index (χ2v) is 11.6. The minimum atomic E-state index is -1.84. The maximum absolute atomic E-state index is 7.86. The lowest BCUT2D eigenvalue weighted by atomic mass is 10.0. The van der Waals surface area contributed by atoms with Crippen LogP contribution in [-0.4, -0.2) is 27.8 Å². The number of benzene rings is 2. The van der Waals surface area contributed by atoms with Gasteiger partial charge in [0.15, 0.2) is 0 Å². The molecule has 27 heavy (non-hydrogen) atoms. The lowest BCUT2D eigenvalue weighted by Crippen LogP contribution is -2.35. The van der Waals surface area contributed by atoms with Gasteiger partial charge in [0.1, 0.15) is 10.7 Å². The van der Waals surface area contributed by atoms with Crippen molar-refractivity contribution < 1.29 is 4.74 Å². The highest BCUT2D eigenvalue weighted by Gasteiger charge is 2.41. The minimum absolute atomic E-state index is 0.289. The van der Waals surface area contributed by atoms with E-state index in [4.69, 9.17) is 44.9 Å². The summed E-state index contributed by atoms with van der Waals surface area (Å²) in [7, 11) is 0. The Labute approximate surface area is 183 Å². The smallest absolute Gasteiger partial charge is 0.265 e. The van der Waals surface area contributed by atoms with Gasteiger partial charge in [0.25, 0.3) is 3.79 Å². The molecule has 2 aromatic carbocycles. The van der Waals surface area contributed by atoms with E-state index >= 15 is 0 Å². The van der Waals surface area contributed by atoms with Crippen LogP contribution in [0.4, 0.5) is 0 Å². The van der Waals surface area contributed by atoms with E-state index in [0.29, 0.717) is 5.92 Å². The van der Waals surface area contributed by atoms with E-state index in [0.717, 1.165) is 23.5 Å². The van der Waals surface area contributed by atoms with Crippen LogP contribution in [0.3, 0.4) is 0 Å². The standard InChI is InChI=1S/C20H20Cl3NOS2/c21-20(22,23)18(24)25-14-19(17-9-5-2-6-10-17)26-12-16(13-27-19)11-15-7-3-1-4-8-15/h1-10,16,24H,11-14H2. The van der Waals surface area contributed by atoms with Crippen molar-refractivity contribution in [3.05, 3.63) is 71.8 Å². The summed E-state index contributed by atoms with van der Waals surface area (Å²) in [6.07, 6.45) is 1.07. The molecule has 1 fully saturated rings. The minimum Gasteiger partial charge on any atom is -0.475 e. The van der Waals surface area contributed by atoms with E-state index in [1.807, 2.05) is 47.8 Å². The van der Waals surface area contributed by atoms with E-state index in [1.54, 1.807) is 0 Å². The summed E-state index contributed by atoms with van der Waals surface area (Å²) in [5.74, 6) is 2.28. The van der Waals surface area contributed by atoms with Crippen LogP contribution < -0.4 is 0 Å². The average Bonchev–Trinajstić information content (AvgIpc) is 2.68. The first-order valence-corrected chi connectivity index (χ1v) is 11.7. The van der Waals surface area contributed by atoms with Gasteiger partial charge in [-0.3, -0.25) is 5.41 Å². The predicted molar refractivity (Wildman–Crippen MR) is 121 cm³/mol. The van der Waals surface area contributed by atoms with Crippen molar-refractivity contribution in [2.75, 3.05) is 18.1 Å². The molecule has 7 heteroatoms. The summed E-state index contributed by atoms with van der Waals surface area (Å²) in [5, 5.41) is 7.86. The molecule has 1 saturated heterocycles. The number of hydrogen-bond donors (Lipinski definition) is 1. The summed E-state index contributed by atoms with van der Waals surface area (Å²) in [4.78, 5) is 0. The van der Waals surface area contributed by atoms with Crippen LogP contribution >= 0.6 is 58.3 Å². The molecule has 0 unspecified atom stereocenters. The van der Waals surface area contributed by atoms with Crippen molar-refractivity contribution in [1.29, 1.82) is 5.41 Å². The second kappa shape index (κ2) is 9.32. The highest BCUT2D eigenvalue weighted by Crippen LogP contribution is 2.52. The van der Waals surface area contributed by atoms with Gasteiger partial charge in [0, 0.05) is 0 Å². The van der Waals surface area contributed by atoms with E-state index in [-0.39, 0.29) is 16.6 Å². The van der Waals surface area contributed by atoms with Crippen molar-refractivity contribution in [3.8, 4) is 0 Å². The lowest BCUT2D eigenvalue weighted by Gasteiger charge is -2.39. The van der Waals surface area contributed by atoms with Gasteiger partial charge in [0.2, 0.25) is 5.90 Å². The molecule has 1 aliphatic rings. The van der Waals surface area contributed by atoms with Crippen LogP contribution in [0.1, 0.15) is 11.1 Å². The van der Waals surface area contributed by atoms with Crippen molar-refractivity contribution in [3.63, 3.8) is 0 Å². The SMILES string of the molecule is N=C(OCC1(c2ccccc2)SCC(Cc2ccccc2)CS1)C(Cl)(Cl)Cl. The zero-order valence-corrected chi connectivity index (χ0v) is 18.4. The third kappa shape index (κ3) is 5.74. The number of alkyl halides is 3. The molecule has 0 saturated carbocycles. The largest absolute Gasteiger partial charge is 0.475 e. The molecule has 0 atom stereocenters. The average molecular weight is 461 g/mol. The highest BCUT2D eigenvalue weighted by atomic mass is 35.6. The van der Waals surface area contributed by atoms with Gasteiger partial charge in [0.05, 0.1) is 0 Å². The van der Waals surface area contributed by atoms with Gasteiger partial charge < -0.3 is 4.74 Å². The molecule has 1 heterocycles. The van der Waals surface area contributed by atoms with E-state index in [2.05, 4.69) is 36.4 Å². The molecule has 0 spiro atoms. The Balaban J connectivity index is 1.70. The first-order chi connectivity index (χ1) is 12.9. The Bertz CT molecular complexity index is 745. The summed E-state index contributed by atoms with van der Waals surface area (Å²) in [6.45, 7) is 0.289. The quantitative estimate of drug-likeness (QED) is 0.312. The summed E-state index contributed by atoms with van der Waals surface area (Å²) in [5.41, 5.74) is 2.53. The van der Waals surface area contributed by atoms with Crippen LogP contribution in [0.15, 0.2) is 60.7 Å². The van der Waals surface area contributed by atoms with Crippen LogP contribution in [0.2, 0.25) is 0 Å². The Hall–Kier alpha value is -0.520. The van der Waals surface area contributed by atoms with Crippen molar-refractivity contribution >= 4 is 64.2 Å². The number of halogens is 3. The Morgan fingerprint density at radius 3 is 2.11 bits per heavy atom. The molecule has 144 valence electrons. The second-order valence-electron chi connectivity index (χ2n) is 6.41. The molecule has 0 radical (unpaired) electrons. The summed E-state index contributed by atoms with van der Waals surface area (Å²) in [6, 6.07) is 20.8. The van der Waals surface area contributed by atoms with Crippen LogP contribution in [0.25, 0.3) is 0 Å². The predicted octanol–water partition coefficient (Wildman–Crippen LogP) is 6.54. The van der Waals surface area contributed by atoms with Crippen molar-refractivity contribution in [2.45, 2.75) is 14.3 Å². The Morgan fingerprint density at radius 2 is 1.56 bits per heavy atom. The molecule has 0 aliphatic carbocycles. The molecule has 1 N–H and O–H groups in total. The van der Waals surface area contributed by atoms with Crippen molar-refractivity contribution in [1.82, 2.24) is 0 Å². The van der Waals surface area contributed by atoms with Gasteiger partial charge >= 0.3 is 0 Å². The Kier molecular flexibility index (Phi) is 7.32. The molecule has 2 nitrogen and oxygen atoms in total. The van der Waals surface area contributed by atoms with Crippen LogP contribution in [0, 0.1) is 11.3 Å². The molecular weight excluding hydrogens is 441 g/mol. The molecule has 1 aliphatic heterocycles.